The number of benzene rings is 1. The van der Waals surface area contributed by atoms with Crippen molar-refractivity contribution in [1.29, 1.82) is 0 Å². The van der Waals surface area contributed by atoms with E-state index in [-0.39, 0.29) is 24.4 Å². The SMILES string of the molecule is CC(N)CC(=O)N1CCC(c2ccccc2)C1.Cl. The van der Waals surface area contributed by atoms with Crippen LogP contribution in [0.4, 0.5) is 0 Å². The molecule has 2 unspecified atom stereocenters. The van der Waals surface area contributed by atoms with Crippen LogP contribution in [-0.2, 0) is 4.79 Å². The van der Waals surface area contributed by atoms with Gasteiger partial charge < -0.3 is 10.6 Å². The Morgan fingerprint density at radius 2 is 2.11 bits per heavy atom. The first-order chi connectivity index (χ1) is 8.16. The summed E-state index contributed by atoms with van der Waals surface area (Å²) in [5.41, 5.74) is 7.00. The lowest BCUT2D eigenvalue weighted by Gasteiger charge is -2.17. The smallest absolute Gasteiger partial charge is 0.224 e. The molecular formula is C14H21ClN2O. The monoisotopic (exact) mass is 268 g/mol. The van der Waals surface area contributed by atoms with Gasteiger partial charge in [0.25, 0.3) is 0 Å². The summed E-state index contributed by atoms with van der Waals surface area (Å²) in [6.07, 6.45) is 1.52. The first-order valence-corrected chi connectivity index (χ1v) is 6.25. The molecular weight excluding hydrogens is 248 g/mol. The number of nitrogens with zero attached hydrogens (tertiary/aromatic N) is 1. The number of nitrogens with two attached hydrogens (primary N) is 1. The molecule has 18 heavy (non-hydrogen) atoms. The quantitative estimate of drug-likeness (QED) is 0.913. The molecule has 0 radical (unpaired) electrons. The summed E-state index contributed by atoms with van der Waals surface area (Å²) >= 11 is 0. The molecule has 1 fully saturated rings. The number of rotatable bonds is 3. The lowest BCUT2D eigenvalue weighted by Crippen LogP contribution is -2.33. The Morgan fingerprint density at radius 3 is 2.72 bits per heavy atom. The fourth-order valence-corrected chi connectivity index (χ4v) is 2.39. The van der Waals surface area contributed by atoms with Gasteiger partial charge in [-0.3, -0.25) is 4.79 Å². The van der Waals surface area contributed by atoms with Crippen molar-refractivity contribution >= 4 is 18.3 Å². The van der Waals surface area contributed by atoms with Crippen molar-refractivity contribution in [2.24, 2.45) is 5.73 Å². The molecule has 4 heteroatoms. The highest BCUT2D eigenvalue weighted by molar-refractivity contribution is 5.85. The second kappa shape index (κ2) is 6.76. The number of hydrogen-bond acceptors (Lipinski definition) is 2. The van der Waals surface area contributed by atoms with E-state index < -0.39 is 0 Å². The minimum atomic E-state index is -0.0433. The van der Waals surface area contributed by atoms with Crippen molar-refractivity contribution < 1.29 is 4.79 Å². The number of halogens is 1. The van der Waals surface area contributed by atoms with Gasteiger partial charge in [-0.15, -0.1) is 12.4 Å². The number of carbonyl (C=O) groups is 1. The van der Waals surface area contributed by atoms with Crippen molar-refractivity contribution in [2.45, 2.75) is 31.7 Å². The number of hydrogen-bond donors (Lipinski definition) is 1. The van der Waals surface area contributed by atoms with Crippen molar-refractivity contribution in [3.05, 3.63) is 35.9 Å². The summed E-state index contributed by atoms with van der Waals surface area (Å²) in [6, 6.07) is 10.4. The molecule has 2 atom stereocenters. The Hall–Kier alpha value is -1.06. The molecule has 2 rings (SSSR count). The maximum absolute atomic E-state index is 11.9. The Labute approximate surface area is 115 Å². The van der Waals surface area contributed by atoms with E-state index in [1.165, 1.54) is 5.56 Å². The lowest BCUT2D eigenvalue weighted by molar-refractivity contribution is -0.130. The fraction of sp³-hybridized carbons (Fsp3) is 0.500. The molecule has 1 aliphatic rings. The van der Waals surface area contributed by atoms with E-state index in [0.29, 0.717) is 12.3 Å². The average Bonchev–Trinajstić information content (AvgIpc) is 2.78. The molecule has 0 aromatic heterocycles. The molecule has 0 bridgehead atoms. The van der Waals surface area contributed by atoms with Crippen LogP contribution in [0, 0.1) is 0 Å². The Kier molecular flexibility index (Phi) is 5.63. The summed E-state index contributed by atoms with van der Waals surface area (Å²) in [6.45, 7) is 3.59. The molecule has 0 saturated carbocycles. The van der Waals surface area contributed by atoms with Crippen molar-refractivity contribution in [3.8, 4) is 0 Å². The number of likely N-dealkylation sites (tertiary alicyclic amines) is 1. The fourth-order valence-electron chi connectivity index (χ4n) is 2.39. The second-order valence-corrected chi connectivity index (χ2v) is 4.92. The van der Waals surface area contributed by atoms with Gasteiger partial charge in [0, 0.05) is 31.5 Å². The standard InChI is InChI=1S/C14H20N2O.ClH/c1-11(15)9-14(17)16-8-7-13(10-16)12-5-3-2-4-6-12;/h2-6,11,13H,7-10,15H2,1H3;1H. The van der Waals surface area contributed by atoms with Gasteiger partial charge >= 0.3 is 0 Å². The van der Waals surface area contributed by atoms with Gasteiger partial charge in [-0.2, -0.15) is 0 Å². The average molecular weight is 269 g/mol. The van der Waals surface area contributed by atoms with Crippen LogP contribution in [0.2, 0.25) is 0 Å². The van der Waals surface area contributed by atoms with Crippen LogP contribution in [0.15, 0.2) is 30.3 Å². The van der Waals surface area contributed by atoms with Gasteiger partial charge in [-0.1, -0.05) is 30.3 Å². The third-order valence-corrected chi connectivity index (χ3v) is 3.31. The van der Waals surface area contributed by atoms with Gasteiger partial charge in [0.2, 0.25) is 5.91 Å². The summed E-state index contributed by atoms with van der Waals surface area (Å²) in [5, 5.41) is 0. The normalized spacial score (nSPS) is 20.3. The van der Waals surface area contributed by atoms with Crippen molar-refractivity contribution in [1.82, 2.24) is 4.90 Å². The zero-order valence-electron chi connectivity index (χ0n) is 10.7. The van der Waals surface area contributed by atoms with Gasteiger partial charge in [0.05, 0.1) is 0 Å². The highest BCUT2D eigenvalue weighted by Crippen LogP contribution is 2.27. The molecule has 1 aromatic carbocycles. The third-order valence-electron chi connectivity index (χ3n) is 3.31. The zero-order chi connectivity index (χ0) is 12.3. The predicted octanol–water partition coefficient (Wildman–Crippen LogP) is 2.16. The van der Waals surface area contributed by atoms with Gasteiger partial charge in [0.1, 0.15) is 0 Å². The lowest BCUT2D eigenvalue weighted by atomic mass is 9.99. The molecule has 1 aliphatic heterocycles. The van der Waals surface area contributed by atoms with E-state index in [2.05, 4.69) is 24.3 Å². The minimum absolute atomic E-state index is 0. The van der Waals surface area contributed by atoms with Crippen LogP contribution in [0.25, 0.3) is 0 Å². The first kappa shape index (κ1) is 15.0. The maximum Gasteiger partial charge on any atom is 0.224 e. The molecule has 0 spiro atoms. The molecule has 0 aliphatic carbocycles. The predicted molar refractivity (Wildman–Crippen MR) is 75.9 cm³/mol. The van der Waals surface area contributed by atoms with E-state index in [1.807, 2.05) is 17.9 Å². The van der Waals surface area contributed by atoms with E-state index in [1.54, 1.807) is 0 Å². The Morgan fingerprint density at radius 1 is 1.44 bits per heavy atom. The first-order valence-electron chi connectivity index (χ1n) is 6.25. The van der Waals surface area contributed by atoms with E-state index in [4.69, 9.17) is 5.73 Å². The Bertz CT molecular complexity index is 381. The van der Waals surface area contributed by atoms with Crippen LogP contribution < -0.4 is 5.73 Å². The molecule has 2 N–H and O–H groups in total. The van der Waals surface area contributed by atoms with Crippen LogP contribution in [-0.4, -0.2) is 29.9 Å². The molecule has 3 nitrogen and oxygen atoms in total. The molecule has 1 amide bonds. The van der Waals surface area contributed by atoms with Crippen molar-refractivity contribution in [2.75, 3.05) is 13.1 Å². The van der Waals surface area contributed by atoms with Crippen LogP contribution in [0.1, 0.15) is 31.2 Å². The topological polar surface area (TPSA) is 46.3 Å². The highest BCUT2D eigenvalue weighted by atomic mass is 35.5. The summed E-state index contributed by atoms with van der Waals surface area (Å²) in [4.78, 5) is 13.8. The zero-order valence-corrected chi connectivity index (χ0v) is 11.5. The molecule has 1 aromatic rings. The van der Waals surface area contributed by atoms with Crippen LogP contribution in [0.3, 0.4) is 0 Å². The van der Waals surface area contributed by atoms with E-state index in [0.717, 1.165) is 19.5 Å². The summed E-state index contributed by atoms with van der Waals surface area (Å²) in [5.74, 6) is 0.687. The van der Waals surface area contributed by atoms with Gasteiger partial charge in [0.15, 0.2) is 0 Å². The van der Waals surface area contributed by atoms with Gasteiger partial charge in [-0.05, 0) is 18.9 Å². The highest BCUT2D eigenvalue weighted by Gasteiger charge is 2.27. The second-order valence-electron chi connectivity index (χ2n) is 4.92. The van der Waals surface area contributed by atoms with E-state index in [9.17, 15) is 4.79 Å². The van der Waals surface area contributed by atoms with Crippen LogP contribution >= 0.6 is 12.4 Å². The molecule has 1 heterocycles. The van der Waals surface area contributed by atoms with Crippen LogP contribution in [0.5, 0.6) is 0 Å². The molecule has 1 saturated heterocycles. The summed E-state index contributed by atoms with van der Waals surface area (Å²) < 4.78 is 0. The largest absolute Gasteiger partial charge is 0.342 e. The number of carbonyl (C=O) groups excluding carboxylic acids is 1. The molecule has 100 valence electrons. The maximum atomic E-state index is 11.9. The summed E-state index contributed by atoms with van der Waals surface area (Å²) in [7, 11) is 0. The van der Waals surface area contributed by atoms with E-state index >= 15 is 0 Å². The number of amides is 1. The third kappa shape index (κ3) is 3.72. The Balaban J connectivity index is 0.00000162. The van der Waals surface area contributed by atoms with Crippen molar-refractivity contribution in [3.63, 3.8) is 0 Å². The minimum Gasteiger partial charge on any atom is -0.342 e. The van der Waals surface area contributed by atoms with Gasteiger partial charge in [-0.25, -0.2) is 0 Å².